The molecule has 1 heterocycles. The molecule has 0 unspecified atom stereocenters. The molecule has 0 aliphatic carbocycles. The fraction of sp³-hybridized carbons (Fsp3) is 0.667. The van der Waals surface area contributed by atoms with Gasteiger partial charge in [-0.05, 0) is 13.8 Å². The first-order valence-corrected chi connectivity index (χ1v) is 4.09. The molecule has 0 aromatic rings. The normalized spacial score (nSPS) is 19.8. The Morgan fingerprint density at radius 1 is 1.45 bits per heavy atom. The van der Waals surface area contributed by atoms with Gasteiger partial charge in [0.05, 0.1) is 5.41 Å². The standard InChI is InChI=1S/C7H11NO.C2H6/c1-7(2)4-3-5-8-6(7)9;1-2/h3-4H,5H2,1-2H3,(H,8,9);1-2H3. The summed E-state index contributed by atoms with van der Waals surface area (Å²) in [6.45, 7) is 8.48. The molecule has 0 atom stereocenters. The zero-order chi connectivity index (χ0) is 8.91. The molecule has 11 heavy (non-hydrogen) atoms. The molecule has 0 radical (unpaired) electrons. The van der Waals surface area contributed by atoms with Crippen molar-refractivity contribution in [1.29, 1.82) is 0 Å². The van der Waals surface area contributed by atoms with Crippen molar-refractivity contribution >= 4 is 5.91 Å². The first-order valence-electron chi connectivity index (χ1n) is 4.09. The van der Waals surface area contributed by atoms with Crippen molar-refractivity contribution in [2.75, 3.05) is 6.54 Å². The predicted molar refractivity (Wildman–Crippen MR) is 47.3 cm³/mol. The summed E-state index contributed by atoms with van der Waals surface area (Å²) in [5.41, 5.74) is -0.293. The van der Waals surface area contributed by atoms with E-state index in [0.29, 0.717) is 6.54 Å². The third kappa shape index (κ3) is 2.74. The fourth-order valence-electron chi connectivity index (χ4n) is 0.809. The van der Waals surface area contributed by atoms with E-state index >= 15 is 0 Å². The lowest BCUT2D eigenvalue weighted by Crippen LogP contribution is -2.38. The van der Waals surface area contributed by atoms with E-state index in [9.17, 15) is 4.79 Å². The topological polar surface area (TPSA) is 29.1 Å². The minimum atomic E-state index is -0.293. The molecule has 1 amide bonds. The van der Waals surface area contributed by atoms with Gasteiger partial charge < -0.3 is 5.32 Å². The summed E-state index contributed by atoms with van der Waals surface area (Å²) >= 11 is 0. The molecule has 0 saturated heterocycles. The van der Waals surface area contributed by atoms with Crippen molar-refractivity contribution in [1.82, 2.24) is 5.32 Å². The molecule has 2 heteroatoms. The summed E-state index contributed by atoms with van der Waals surface area (Å²) in [6, 6.07) is 0. The predicted octanol–water partition coefficient (Wildman–Crippen LogP) is 1.72. The number of amides is 1. The maximum atomic E-state index is 11.0. The van der Waals surface area contributed by atoms with Gasteiger partial charge >= 0.3 is 0 Å². The summed E-state index contributed by atoms with van der Waals surface area (Å²) in [6.07, 6.45) is 3.91. The molecule has 0 saturated carbocycles. The second-order valence-corrected chi connectivity index (χ2v) is 2.83. The Bertz CT molecular complexity index is 159. The van der Waals surface area contributed by atoms with Gasteiger partial charge in [-0.25, -0.2) is 0 Å². The van der Waals surface area contributed by atoms with Gasteiger partial charge in [0.1, 0.15) is 0 Å². The Morgan fingerprint density at radius 2 is 2.00 bits per heavy atom. The van der Waals surface area contributed by atoms with E-state index in [-0.39, 0.29) is 11.3 Å². The van der Waals surface area contributed by atoms with Gasteiger partial charge in [0.15, 0.2) is 0 Å². The fourth-order valence-corrected chi connectivity index (χ4v) is 0.809. The molecule has 1 aliphatic heterocycles. The highest BCUT2D eigenvalue weighted by Crippen LogP contribution is 2.18. The van der Waals surface area contributed by atoms with E-state index < -0.39 is 0 Å². The second-order valence-electron chi connectivity index (χ2n) is 2.83. The molecule has 0 aromatic carbocycles. The third-order valence-electron chi connectivity index (χ3n) is 1.50. The van der Waals surface area contributed by atoms with Gasteiger partial charge in [0, 0.05) is 6.54 Å². The average molecular weight is 155 g/mol. The van der Waals surface area contributed by atoms with Crippen LogP contribution in [-0.2, 0) is 4.79 Å². The molecule has 2 nitrogen and oxygen atoms in total. The van der Waals surface area contributed by atoms with Gasteiger partial charge in [-0.1, -0.05) is 26.0 Å². The molecule has 0 aromatic heterocycles. The molecule has 1 rings (SSSR count). The van der Waals surface area contributed by atoms with Crippen LogP contribution in [0.4, 0.5) is 0 Å². The van der Waals surface area contributed by atoms with Gasteiger partial charge in [-0.3, -0.25) is 4.79 Å². The third-order valence-corrected chi connectivity index (χ3v) is 1.50. The van der Waals surface area contributed by atoms with Crippen molar-refractivity contribution in [3.8, 4) is 0 Å². The summed E-state index contributed by atoms with van der Waals surface area (Å²) in [5, 5.41) is 2.75. The zero-order valence-electron chi connectivity index (χ0n) is 7.77. The van der Waals surface area contributed by atoms with E-state index in [1.54, 1.807) is 0 Å². The van der Waals surface area contributed by atoms with Crippen molar-refractivity contribution in [3.05, 3.63) is 12.2 Å². The van der Waals surface area contributed by atoms with Crippen molar-refractivity contribution in [2.45, 2.75) is 27.7 Å². The van der Waals surface area contributed by atoms with Crippen LogP contribution in [-0.4, -0.2) is 12.5 Å². The minimum absolute atomic E-state index is 0.116. The van der Waals surface area contributed by atoms with Gasteiger partial charge in [-0.15, -0.1) is 0 Å². The molecule has 0 bridgehead atoms. The molecular formula is C9H17NO. The lowest BCUT2D eigenvalue weighted by Gasteiger charge is -2.22. The van der Waals surface area contributed by atoms with Gasteiger partial charge in [0.25, 0.3) is 0 Å². The van der Waals surface area contributed by atoms with Crippen LogP contribution < -0.4 is 5.32 Å². The summed E-state index contributed by atoms with van der Waals surface area (Å²) in [7, 11) is 0. The van der Waals surface area contributed by atoms with Crippen molar-refractivity contribution < 1.29 is 4.79 Å². The van der Waals surface area contributed by atoms with E-state index in [4.69, 9.17) is 0 Å². The van der Waals surface area contributed by atoms with Crippen LogP contribution in [0.15, 0.2) is 12.2 Å². The number of carbonyl (C=O) groups is 1. The Kier molecular flexibility index (Phi) is 3.86. The monoisotopic (exact) mass is 155 g/mol. The minimum Gasteiger partial charge on any atom is -0.352 e. The van der Waals surface area contributed by atoms with Crippen LogP contribution in [0, 0.1) is 5.41 Å². The van der Waals surface area contributed by atoms with Crippen molar-refractivity contribution in [2.24, 2.45) is 5.41 Å². The maximum Gasteiger partial charge on any atom is 0.229 e. The Hall–Kier alpha value is -0.790. The Labute approximate surface area is 68.7 Å². The van der Waals surface area contributed by atoms with Crippen LogP contribution in [0.25, 0.3) is 0 Å². The highest BCUT2D eigenvalue weighted by Gasteiger charge is 2.25. The Morgan fingerprint density at radius 3 is 2.27 bits per heavy atom. The molecule has 1 N–H and O–H groups in total. The molecule has 64 valence electrons. The van der Waals surface area contributed by atoms with E-state index in [1.807, 2.05) is 39.8 Å². The van der Waals surface area contributed by atoms with Crippen LogP contribution in [0.1, 0.15) is 27.7 Å². The highest BCUT2D eigenvalue weighted by molar-refractivity contribution is 5.84. The number of carbonyl (C=O) groups excluding carboxylic acids is 1. The van der Waals surface area contributed by atoms with Crippen LogP contribution in [0.2, 0.25) is 0 Å². The lowest BCUT2D eigenvalue weighted by atomic mass is 9.90. The quantitative estimate of drug-likeness (QED) is 0.530. The first kappa shape index (κ1) is 10.2. The van der Waals surface area contributed by atoms with E-state index in [0.717, 1.165) is 0 Å². The zero-order valence-corrected chi connectivity index (χ0v) is 7.77. The van der Waals surface area contributed by atoms with Gasteiger partial charge in [-0.2, -0.15) is 0 Å². The molecule has 1 aliphatic rings. The summed E-state index contributed by atoms with van der Waals surface area (Å²) in [4.78, 5) is 11.0. The number of hydrogen-bond donors (Lipinski definition) is 1. The van der Waals surface area contributed by atoms with Crippen LogP contribution in [0.3, 0.4) is 0 Å². The molecular weight excluding hydrogens is 138 g/mol. The SMILES string of the molecule is CC.CC1(C)C=CCNC1=O. The van der Waals surface area contributed by atoms with Crippen LogP contribution in [0.5, 0.6) is 0 Å². The van der Waals surface area contributed by atoms with Crippen molar-refractivity contribution in [3.63, 3.8) is 0 Å². The highest BCUT2D eigenvalue weighted by atomic mass is 16.2. The average Bonchev–Trinajstić information content (AvgIpc) is 2.00. The number of nitrogens with one attached hydrogen (secondary N) is 1. The molecule has 0 spiro atoms. The maximum absolute atomic E-state index is 11.0. The van der Waals surface area contributed by atoms with Gasteiger partial charge in [0.2, 0.25) is 5.91 Å². The first-order chi connectivity index (χ1) is 5.13. The van der Waals surface area contributed by atoms with E-state index in [2.05, 4.69) is 5.32 Å². The molecule has 0 fully saturated rings. The van der Waals surface area contributed by atoms with E-state index in [1.165, 1.54) is 0 Å². The smallest absolute Gasteiger partial charge is 0.229 e. The largest absolute Gasteiger partial charge is 0.352 e. The Balaban J connectivity index is 0.000000461. The lowest BCUT2D eigenvalue weighted by molar-refractivity contribution is -0.127. The number of rotatable bonds is 0. The second kappa shape index (κ2) is 4.16. The number of hydrogen-bond acceptors (Lipinski definition) is 1. The van der Waals surface area contributed by atoms with Crippen LogP contribution >= 0.6 is 0 Å². The summed E-state index contributed by atoms with van der Waals surface area (Å²) < 4.78 is 0. The summed E-state index contributed by atoms with van der Waals surface area (Å²) in [5.74, 6) is 0.116.